The Bertz CT molecular complexity index is 231. The van der Waals surface area contributed by atoms with E-state index < -0.39 is 0 Å². The molecular formula is C16H34N2O. The molecule has 0 heterocycles. The van der Waals surface area contributed by atoms with E-state index in [0.29, 0.717) is 5.41 Å². The van der Waals surface area contributed by atoms with Gasteiger partial charge in [-0.05, 0) is 37.3 Å². The minimum atomic E-state index is 0.484. The second-order valence-corrected chi connectivity index (χ2v) is 6.33. The van der Waals surface area contributed by atoms with Gasteiger partial charge in [0.2, 0.25) is 0 Å². The lowest BCUT2D eigenvalue weighted by atomic mass is 9.69. The summed E-state index contributed by atoms with van der Waals surface area (Å²) in [5.74, 6) is 0.883. The molecule has 3 heteroatoms. The average Bonchev–Trinajstić information content (AvgIpc) is 2.41. The van der Waals surface area contributed by atoms with Gasteiger partial charge in [0.25, 0.3) is 0 Å². The Morgan fingerprint density at radius 3 is 2.63 bits per heavy atom. The molecule has 1 aliphatic rings. The van der Waals surface area contributed by atoms with Gasteiger partial charge in [0.05, 0.1) is 6.61 Å². The maximum Gasteiger partial charge on any atom is 0.0587 e. The number of hydrogen-bond acceptors (Lipinski definition) is 3. The zero-order valence-corrected chi connectivity index (χ0v) is 13.5. The Morgan fingerprint density at radius 1 is 1.32 bits per heavy atom. The maximum atomic E-state index is 5.14. The summed E-state index contributed by atoms with van der Waals surface area (Å²) >= 11 is 0. The summed E-state index contributed by atoms with van der Waals surface area (Å²) in [6.07, 6.45) is 5.57. The van der Waals surface area contributed by atoms with Crippen molar-refractivity contribution in [2.45, 2.75) is 46.5 Å². The minimum Gasteiger partial charge on any atom is -0.383 e. The van der Waals surface area contributed by atoms with Crippen LogP contribution in [0.15, 0.2) is 0 Å². The van der Waals surface area contributed by atoms with Crippen molar-refractivity contribution >= 4 is 0 Å². The van der Waals surface area contributed by atoms with Crippen LogP contribution in [-0.2, 0) is 4.74 Å². The van der Waals surface area contributed by atoms with Gasteiger partial charge < -0.3 is 15.0 Å². The molecule has 3 nitrogen and oxygen atoms in total. The third kappa shape index (κ3) is 5.80. The number of nitrogens with zero attached hydrogens (tertiary/aromatic N) is 1. The Kier molecular flexibility index (Phi) is 7.96. The Hall–Kier alpha value is -0.120. The third-order valence-corrected chi connectivity index (χ3v) is 4.62. The molecule has 114 valence electrons. The summed E-state index contributed by atoms with van der Waals surface area (Å²) in [5, 5.41) is 3.62. The first-order valence-corrected chi connectivity index (χ1v) is 8.07. The Balaban J connectivity index is 2.55. The zero-order chi connectivity index (χ0) is 14.1. The fourth-order valence-electron chi connectivity index (χ4n) is 3.58. The smallest absolute Gasteiger partial charge is 0.0587 e. The summed E-state index contributed by atoms with van der Waals surface area (Å²) in [6.45, 7) is 13.5. The second kappa shape index (κ2) is 8.93. The molecule has 0 aromatic carbocycles. The van der Waals surface area contributed by atoms with Crippen molar-refractivity contribution in [3.63, 3.8) is 0 Å². The van der Waals surface area contributed by atoms with Crippen LogP contribution in [0, 0.1) is 11.3 Å². The largest absolute Gasteiger partial charge is 0.383 e. The molecule has 0 aromatic heterocycles. The highest BCUT2D eigenvalue weighted by atomic mass is 16.5. The van der Waals surface area contributed by atoms with Gasteiger partial charge in [0.1, 0.15) is 0 Å². The van der Waals surface area contributed by atoms with Crippen LogP contribution in [0.3, 0.4) is 0 Å². The highest BCUT2D eigenvalue weighted by Crippen LogP contribution is 2.39. The lowest BCUT2D eigenvalue weighted by molar-refractivity contribution is 0.0823. The van der Waals surface area contributed by atoms with Crippen LogP contribution in [0.25, 0.3) is 0 Å². The monoisotopic (exact) mass is 270 g/mol. The fourth-order valence-corrected chi connectivity index (χ4v) is 3.58. The summed E-state index contributed by atoms with van der Waals surface area (Å²) in [5.41, 5.74) is 0.484. The van der Waals surface area contributed by atoms with Crippen molar-refractivity contribution in [2.75, 3.05) is 46.4 Å². The molecule has 0 spiro atoms. The Labute approximate surface area is 120 Å². The first kappa shape index (κ1) is 16.9. The number of methoxy groups -OCH3 is 1. The molecule has 1 saturated carbocycles. The van der Waals surface area contributed by atoms with Crippen LogP contribution in [0.4, 0.5) is 0 Å². The van der Waals surface area contributed by atoms with Crippen LogP contribution in [0.2, 0.25) is 0 Å². The first-order valence-electron chi connectivity index (χ1n) is 8.07. The van der Waals surface area contributed by atoms with Gasteiger partial charge in [0.15, 0.2) is 0 Å². The van der Waals surface area contributed by atoms with Gasteiger partial charge in [-0.15, -0.1) is 0 Å². The predicted molar refractivity (Wildman–Crippen MR) is 82.6 cm³/mol. The average molecular weight is 270 g/mol. The summed E-state index contributed by atoms with van der Waals surface area (Å²) < 4.78 is 5.14. The standard InChI is InChI=1S/C16H34N2O/c1-5-18(6-2)14-16(13-17-10-11-19-4)9-7-8-15(3)12-16/h15,17H,5-14H2,1-4H3. The molecule has 2 atom stereocenters. The van der Waals surface area contributed by atoms with Crippen LogP contribution in [0.1, 0.15) is 46.5 Å². The zero-order valence-electron chi connectivity index (χ0n) is 13.5. The number of ether oxygens (including phenoxy) is 1. The predicted octanol–water partition coefficient (Wildman–Crippen LogP) is 2.76. The number of hydrogen-bond donors (Lipinski definition) is 1. The molecule has 1 fully saturated rings. The molecule has 0 radical (unpaired) electrons. The van der Waals surface area contributed by atoms with Crippen molar-refractivity contribution in [3.8, 4) is 0 Å². The maximum absolute atomic E-state index is 5.14. The van der Waals surface area contributed by atoms with Crippen LogP contribution in [-0.4, -0.2) is 51.3 Å². The lowest BCUT2D eigenvalue weighted by Gasteiger charge is -2.43. The van der Waals surface area contributed by atoms with E-state index in [4.69, 9.17) is 4.74 Å². The molecule has 0 aromatic rings. The molecule has 2 unspecified atom stereocenters. The Morgan fingerprint density at radius 2 is 2.05 bits per heavy atom. The molecular weight excluding hydrogens is 236 g/mol. The molecule has 0 saturated heterocycles. The van der Waals surface area contributed by atoms with E-state index >= 15 is 0 Å². The van der Waals surface area contributed by atoms with Gasteiger partial charge in [-0.3, -0.25) is 0 Å². The molecule has 0 aliphatic heterocycles. The molecule has 1 N–H and O–H groups in total. The topological polar surface area (TPSA) is 24.5 Å². The van der Waals surface area contributed by atoms with Crippen molar-refractivity contribution in [2.24, 2.45) is 11.3 Å². The number of nitrogens with one attached hydrogen (secondary N) is 1. The quantitative estimate of drug-likeness (QED) is 0.652. The molecule has 0 bridgehead atoms. The minimum absolute atomic E-state index is 0.484. The van der Waals surface area contributed by atoms with E-state index in [0.717, 1.165) is 25.6 Å². The molecule has 1 aliphatic carbocycles. The van der Waals surface area contributed by atoms with Gasteiger partial charge >= 0.3 is 0 Å². The SMILES string of the molecule is CCN(CC)CC1(CNCCOC)CCCC(C)C1. The van der Waals surface area contributed by atoms with Gasteiger partial charge in [-0.1, -0.05) is 33.6 Å². The van der Waals surface area contributed by atoms with E-state index in [2.05, 4.69) is 31.0 Å². The van der Waals surface area contributed by atoms with Crippen molar-refractivity contribution in [1.82, 2.24) is 10.2 Å². The van der Waals surface area contributed by atoms with E-state index in [9.17, 15) is 0 Å². The summed E-state index contributed by atoms with van der Waals surface area (Å²) in [6, 6.07) is 0. The van der Waals surface area contributed by atoms with E-state index in [1.165, 1.54) is 45.3 Å². The summed E-state index contributed by atoms with van der Waals surface area (Å²) in [7, 11) is 1.77. The van der Waals surface area contributed by atoms with E-state index in [-0.39, 0.29) is 0 Å². The lowest BCUT2D eigenvalue weighted by Crippen LogP contribution is -2.47. The highest BCUT2D eigenvalue weighted by Gasteiger charge is 2.35. The number of rotatable bonds is 9. The second-order valence-electron chi connectivity index (χ2n) is 6.33. The summed E-state index contributed by atoms with van der Waals surface area (Å²) in [4.78, 5) is 2.59. The highest BCUT2D eigenvalue weighted by molar-refractivity contribution is 4.89. The van der Waals surface area contributed by atoms with Crippen LogP contribution >= 0.6 is 0 Å². The van der Waals surface area contributed by atoms with Crippen molar-refractivity contribution in [3.05, 3.63) is 0 Å². The van der Waals surface area contributed by atoms with Crippen LogP contribution in [0.5, 0.6) is 0 Å². The first-order chi connectivity index (χ1) is 9.15. The molecule has 19 heavy (non-hydrogen) atoms. The normalized spacial score (nSPS) is 27.9. The van der Waals surface area contributed by atoms with Gasteiger partial charge in [0, 0.05) is 26.7 Å². The van der Waals surface area contributed by atoms with Crippen LogP contribution < -0.4 is 5.32 Å². The van der Waals surface area contributed by atoms with E-state index in [1.807, 2.05) is 0 Å². The molecule has 0 amide bonds. The third-order valence-electron chi connectivity index (χ3n) is 4.62. The fraction of sp³-hybridized carbons (Fsp3) is 1.00. The van der Waals surface area contributed by atoms with E-state index in [1.54, 1.807) is 7.11 Å². The van der Waals surface area contributed by atoms with Gasteiger partial charge in [-0.2, -0.15) is 0 Å². The van der Waals surface area contributed by atoms with Gasteiger partial charge in [-0.25, -0.2) is 0 Å². The van der Waals surface area contributed by atoms with Crippen molar-refractivity contribution in [1.29, 1.82) is 0 Å². The van der Waals surface area contributed by atoms with Crippen molar-refractivity contribution < 1.29 is 4.74 Å². The molecule has 1 rings (SSSR count).